The van der Waals surface area contributed by atoms with E-state index in [-0.39, 0.29) is 17.7 Å². The van der Waals surface area contributed by atoms with Gasteiger partial charge in [-0.2, -0.15) is 0 Å². The van der Waals surface area contributed by atoms with Crippen LogP contribution >= 0.6 is 12.2 Å². The molecule has 94 valence electrons. The summed E-state index contributed by atoms with van der Waals surface area (Å²) >= 11 is 5.14. The minimum absolute atomic E-state index is 0.107. The van der Waals surface area contributed by atoms with E-state index in [2.05, 4.69) is 0 Å². The number of carbonyl (C=O) groups is 2. The van der Waals surface area contributed by atoms with Gasteiger partial charge >= 0.3 is 0 Å². The molecule has 2 N–H and O–H groups in total. The van der Waals surface area contributed by atoms with Crippen molar-refractivity contribution in [3.05, 3.63) is 0 Å². The van der Waals surface area contributed by atoms with E-state index < -0.39 is 5.54 Å². The molecule has 1 saturated carbocycles. The smallest absolute Gasteiger partial charge is 0.233 e. The second-order valence-corrected chi connectivity index (χ2v) is 5.57. The summed E-state index contributed by atoms with van der Waals surface area (Å²) in [5, 5.41) is 0. The molecule has 2 fully saturated rings. The summed E-state index contributed by atoms with van der Waals surface area (Å²) in [7, 11) is 0. The monoisotopic (exact) mass is 254 g/mol. The fraction of sp³-hybridized carbons (Fsp3) is 0.750. The maximum atomic E-state index is 12.1. The lowest BCUT2D eigenvalue weighted by Gasteiger charge is -2.42. The highest BCUT2D eigenvalue weighted by Gasteiger charge is 2.51. The van der Waals surface area contributed by atoms with E-state index in [1.165, 1.54) is 4.90 Å². The van der Waals surface area contributed by atoms with Crippen LogP contribution in [0.3, 0.4) is 0 Å². The number of nitrogens with zero attached hydrogens (tertiary/aromatic N) is 1. The van der Waals surface area contributed by atoms with E-state index in [4.69, 9.17) is 18.0 Å². The zero-order valence-corrected chi connectivity index (χ0v) is 10.9. The fourth-order valence-corrected chi connectivity index (χ4v) is 3.25. The first-order valence-electron chi connectivity index (χ1n) is 6.16. The quantitative estimate of drug-likeness (QED) is 0.597. The van der Waals surface area contributed by atoms with E-state index in [1.54, 1.807) is 6.92 Å². The third-order valence-corrected chi connectivity index (χ3v) is 4.32. The van der Waals surface area contributed by atoms with Crippen molar-refractivity contribution >= 4 is 29.0 Å². The van der Waals surface area contributed by atoms with Gasteiger partial charge in [0, 0.05) is 12.3 Å². The molecular formula is C12H18N2O2S. The summed E-state index contributed by atoms with van der Waals surface area (Å²) in [5.41, 5.74) is 5.16. The van der Waals surface area contributed by atoms with Crippen molar-refractivity contribution in [1.29, 1.82) is 0 Å². The van der Waals surface area contributed by atoms with E-state index in [1.807, 2.05) is 0 Å². The van der Waals surface area contributed by atoms with Crippen molar-refractivity contribution in [2.24, 2.45) is 11.7 Å². The molecule has 5 heteroatoms. The molecule has 1 unspecified atom stereocenters. The number of nitrogens with two attached hydrogens (primary N) is 1. The van der Waals surface area contributed by atoms with Gasteiger partial charge in [0.1, 0.15) is 5.54 Å². The van der Waals surface area contributed by atoms with Gasteiger partial charge in [0.05, 0.1) is 4.99 Å². The number of imide groups is 1. The zero-order chi connectivity index (χ0) is 12.6. The number of rotatable bonds is 2. The van der Waals surface area contributed by atoms with Crippen molar-refractivity contribution in [1.82, 2.24) is 4.90 Å². The minimum Gasteiger partial charge on any atom is -0.391 e. The van der Waals surface area contributed by atoms with Gasteiger partial charge in [-0.25, -0.2) is 0 Å². The first-order valence-corrected chi connectivity index (χ1v) is 6.57. The van der Waals surface area contributed by atoms with Crippen molar-refractivity contribution in [3.63, 3.8) is 0 Å². The van der Waals surface area contributed by atoms with Gasteiger partial charge < -0.3 is 5.73 Å². The Morgan fingerprint density at radius 1 is 1.35 bits per heavy atom. The molecule has 0 aromatic heterocycles. The molecule has 4 nitrogen and oxygen atoms in total. The predicted molar refractivity (Wildman–Crippen MR) is 68.2 cm³/mol. The highest BCUT2D eigenvalue weighted by atomic mass is 32.1. The van der Waals surface area contributed by atoms with Crippen LogP contribution in [0.4, 0.5) is 0 Å². The molecule has 0 radical (unpaired) electrons. The number of amides is 2. The molecule has 1 atom stereocenters. The third kappa shape index (κ3) is 1.86. The summed E-state index contributed by atoms with van der Waals surface area (Å²) in [6.07, 6.45) is 4.82. The topological polar surface area (TPSA) is 63.4 Å². The van der Waals surface area contributed by atoms with Gasteiger partial charge in [-0.05, 0) is 12.8 Å². The molecule has 0 aromatic rings. The average molecular weight is 254 g/mol. The molecule has 1 saturated heterocycles. The number of thiocarbonyl (C=S) groups is 1. The molecule has 1 aliphatic heterocycles. The molecule has 0 bridgehead atoms. The van der Waals surface area contributed by atoms with Gasteiger partial charge in [0.2, 0.25) is 11.8 Å². The van der Waals surface area contributed by atoms with Gasteiger partial charge in [0.15, 0.2) is 0 Å². The zero-order valence-electron chi connectivity index (χ0n) is 10.1. The van der Waals surface area contributed by atoms with Crippen LogP contribution in [0.25, 0.3) is 0 Å². The Kier molecular flexibility index (Phi) is 3.21. The Labute approximate surface area is 107 Å². The average Bonchev–Trinajstić information content (AvgIpc) is 2.54. The molecular weight excluding hydrogens is 236 g/mol. The van der Waals surface area contributed by atoms with Crippen LogP contribution in [0.1, 0.15) is 45.4 Å². The lowest BCUT2D eigenvalue weighted by molar-refractivity contribution is -0.145. The Bertz CT molecular complexity index is 375. The second-order valence-electron chi connectivity index (χ2n) is 5.13. The molecule has 1 aliphatic carbocycles. The SMILES string of the molecule is CC1CC(=O)N(C2(C(N)=S)CCCCC2)C1=O. The van der Waals surface area contributed by atoms with Crippen LogP contribution in [0, 0.1) is 5.92 Å². The maximum Gasteiger partial charge on any atom is 0.233 e. The van der Waals surface area contributed by atoms with Crippen molar-refractivity contribution in [3.8, 4) is 0 Å². The van der Waals surface area contributed by atoms with Crippen LogP contribution in [-0.4, -0.2) is 27.2 Å². The summed E-state index contributed by atoms with van der Waals surface area (Å²) in [6, 6.07) is 0. The van der Waals surface area contributed by atoms with Crippen LogP contribution in [0.15, 0.2) is 0 Å². The van der Waals surface area contributed by atoms with Gasteiger partial charge in [0.25, 0.3) is 0 Å². The van der Waals surface area contributed by atoms with E-state index in [0.717, 1.165) is 32.1 Å². The Morgan fingerprint density at radius 3 is 2.35 bits per heavy atom. The highest BCUT2D eigenvalue weighted by Crippen LogP contribution is 2.38. The van der Waals surface area contributed by atoms with E-state index in [9.17, 15) is 9.59 Å². The molecule has 17 heavy (non-hydrogen) atoms. The summed E-state index contributed by atoms with van der Waals surface area (Å²) < 4.78 is 0. The molecule has 0 spiro atoms. The lowest BCUT2D eigenvalue weighted by Crippen LogP contribution is -2.60. The van der Waals surface area contributed by atoms with Crippen LogP contribution in [-0.2, 0) is 9.59 Å². The minimum atomic E-state index is -0.674. The van der Waals surface area contributed by atoms with Gasteiger partial charge in [-0.3, -0.25) is 14.5 Å². The molecule has 1 heterocycles. The summed E-state index contributed by atoms with van der Waals surface area (Å²) in [6.45, 7) is 1.79. The largest absolute Gasteiger partial charge is 0.391 e. The van der Waals surface area contributed by atoms with Crippen LogP contribution in [0.5, 0.6) is 0 Å². The molecule has 2 amide bonds. The van der Waals surface area contributed by atoms with Gasteiger partial charge in [-0.15, -0.1) is 0 Å². The number of carbonyl (C=O) groups excluding carboxylic acids is 2. The molecule has 2 aliphatic rings. The third-order valence-electron chi connectivity index (χ3n) is 3.94. The van der Waals surface area contributed by atoms with Crippen molar-refractivity contribution < 1.29 is 9.59 Å². The first kappa shape index (κ1) is 12.5. The standard InChI is InChI=1S/C12H18N2O2S/c1-8-7-9(15)14(10(8)16)12(11(13)17)5-3-2-4-6-12/h8H,2-7H2,1H3,(H2,13,17). The summed E-state index contributed by atoms with van der Waals surface area (Å²) in [4.78, 5) is 25.8. The highest BCUT2D eigenvalue weighted by molar-refractivity contribution is 7.80. The van der Waals surface area contributed by atoms with E-state index in [0.29, 0.717) is 11.4 Å². The van der Waals surface area contributed by atoms with Crippen molar-refractivity contribution in [2.75, 3.05) is 0 Å². The number of hydrogen-bond donors (Lipinski definition) is 1. The first-order chi connectivity index (χ1) is 7.99. The number of hydrogen-bond acceptors (Lipinski definition) is 3. The fourth-order valence-electron chi connectivity index (χ4n) is 2.95. The maximum absolute atomic E-state index is 12.1. The predicted octanol–water partition coefficient (Wildman–Crippen LogP) is 1.37. The molecule has 2 rings (SSSR count). The second kappa shape index (κ2) is 4.37. The summed E-state index contributed by atoms with van der Waals surface area (Å²) in [5.74, 6) is -0.447. The lowest BCUT2D eigenvalue weighted by atomic mass is 9.80. The Balaban J connectivity index is 2.36. The normalized spacial score (nSPS) is 28.5. The van der Waals surface area contributed by atoms with Gasteiger partial charge in [-0.1, -0.05) is 38.4 Å². The van der Waals surface area contributed by atoms with Crippen molar-refractivity contribution in [2.45, 2.75) is 51.0 Å². The van der Waals surface area contributed by atoms with Crippen LogP contribution in [0.2, 0.25) is 0 Å². The van der Waals surface area contributed by atoms with Crippen LogP contribution < -0.4 is 5.73 Å². The Hall–Kier alpha value is -0.970. The van der Waals surface area contributed by atoms with E-state index >= 15 is 0 Å². The molecule has 0 aromatic carbocycles. The number of likely N-dealkylation sites (tertiary alicyclic amines) is 1. The Morgan fingerprint density at radius 2 is 1.94 bits per heavy atom.